The Morgan fingerprint density at radius 3 is 2.42 bits per heavy atom. The molecule has 0 unspecified atom stereocenters. The summed E-state index contributed by atoms with van der Waals surface area (Å²) in [5.41, 5.74) is -0.280. The number of pyridine rings is 1. The maximum absolute atomic E-state index is 12.5. The number of rotatable bonds is 1. The van der Waals surface area contributed by atoms with Crippen LogP contribution in [-0.2, 0) is 6.18 Å². The van der Waals surface area contributed by atoms with Gasteiger partial charge in [-0.25, -0.2) is 9.67 Å². The Balaban J connectivity index is 2.59. The van der Waals surface area contributed by atoms with E-state index >= 15 is 0 Å². The Kier molecular flexibility index (Phi) is 3.17. The summed E-state index contributed by atoms with van der Waals surface area (Å²) in [7, 11) is 0. The lowest BCUT2D eigenvalue weighted by molar-refractivity contribution is -0.137. The molecule has 2 rings (SSSR count). The zero-order chi connectivity index (χ0) is 14.4. The standard InChI is InChI=1S/C11H9ClF3N3O/c1-5-6(2)18(17-10(5)19)9-8(12)3-7(4-16-9)11(13,14)15/h3-4H,1-2H3,(H,17,19). The van der Waals surface area contributed by atoms with Crippen molar-refractivity contribution in [1.29, 1.82) is 0 Å². The molecule has 102 valence electrons. The maximum atomic E-state index is 12.5. The molecular formula is C11H9ClF3N3O. The lowest BCUT2D eigenvalue weighted by Gasteiger charge is -2.10. The first-order valence-corrected chi connectivity index (χ1v) is 5.61. The van der Waals surface area contributed by atoms with Gasteiger partial charge in [0.15, 0.2) is 5.82 Å². The highest BCUT2D eigenvalue weighted by molar-refractivity contribution is 6.32. The predicted molar refractivity (Wildman–Crippen MR) is 63.7 cm³/mol. The SMILES string of the molecule is Cc1c(C)n(-c2ncc(C(F)(F)F)cc2Cl)[nH]c1=O. The molecule has 2 aromatic heterocycles. The van der Waals surface area contributed by atoms with Crippen molar-refractivity contribution in [1.82, 2.24) is 14.8 Å². The molecule has 0 aliphatic rings. The molecule has 0 aromatic carbocycles. The van der Waals surface area contributed by atoms with Crippen LogP contribution in [0.3, 0.4) is 0 Å². The molecule has 1 N–H and O–H groups in total. The summed E-state index contributed by atoms with van der Waals surface area (Å²) in [6.45, 7) is 3.24. The van der Waals surface area contributed by atoms with Crippen LogP contribution in [0.25, 0.3) is 5.82 Å². The summed E-state index contributed by atoms with van der Waals surface area (Å²) in [5, 5.41) is 2.27. The Labute approximate surface area is 110 Å². The molecule has 0 saturated carbocycles. The van der Waals surface area contributed by atoms with E-state index in [4.69, 9.17) is 11.6 Å². The molecule has 2 aromatic rings. The number of hydrogen-bond acceptors (Lipinski definition) is 2. The number of aromatic nitrogens is 3. The van der Waals surface area contributed by atoms with Crippen molar-refractivity contribution < 1.29 is 13.2 Å². The first kappa shape index (κ1) is 13.7. The van der Waals surface area contributed by atoms with Crippen molar-refractivity contribution in [2.24, 2.45) is 0 Å². The molecule has 0 amide bonds. The smallest absolute Gasteiger partial charge is 0.268 e. The van der Waals surface area contributed by atoms with Gasteiger partial charge in [-0.05, 0) is 19.9 Å². The predicted octanol–water partition coefficient (Wildman–Crippen LogP) is 2.85. The van der Waals surface area contributed by atoms with Crippen LogP contribution in [0.4, 0.5) is 13.2 Å². The Morgan fingerprint density at radius 1 is 1.37 bits per heavy atom. The van der Waals surface area contributed by atoms with Crippen LogP contribution < -0.4 is 5.56 Å². The summed E-state index contributed by atoms with van der Waals surface area (Å²) in [5.74, 6) is 0.0531. The molecule has 2 heterocycles. The van der Waals surface area contributed by atoms with Crippen molar-refractivity contribution in [2.45, 2.75) is 20.0 Å². The minimum Gasteiger partial charge on any atom is -0.268 e. The largest absolute Gasteiger partial charge is 0.417 e. The maximum Gasteiger partial charge on any atom is 0.417 e. The molecule has 0 aliphatic heterocycles. The fourth-order valence-electron chi connectivity index (χ4n) is 1.56. The molecule has 4 nitrogen and oxygen atoms in total. The van der Waals surface area contributed by atoms with E-state index in [-0.39, 0.29) is 16.4 Å². The Morgan fingerprint density at radius 2 is 2.00 bits per heavy atom. The van der Waals surface area contributed by atoms with E-state index in [1.807, 2.05) is 0 Å². The average Bonchev–Trinajstić information content (AvgIpc) is 2.56. The second kappa shape index (κ2) is 4.41. The molecular weight excluding hydrogens is 283 g/mol. The fraction of sp³-hybridized carbons (Fsp3) is 0.273. The van der Waals surface area contributed by atoms with Gasteiger partial charge in [0.25, 0.3) is 5.56 Å². The second-order valence-electron chi connectivity index (χ2n) is 4.01. The van der Waals surface area contributed by atoms with E-state index in [2.05, 4.69) is 10.1 Å². The van der Waals surface area contributed by atoms with Gasteiger partial charge >= 0.3 is 6.18 Å². The Hall–Kier alpha value is -1.76. The lowest BCUT2D eigenvalue weighted by atomic mass is 10.2. The van der Waals surface area contributed by atoms with E-state index in [1.54, 1.807) is 13.8 Å². The van der Waals surface area contributed by atoms with Gasteiger partial charge in [0, 0.05) is 17.5 Å². The number of nitrogens with one attached hydrogen (secondary N) is 1. The molecule has 0 saturated heterocycles. The zero-order valence-electron chi connectivity index (χ0n) is 9.97. The average molecular weight is 292 g/mol. The normalized spacial score (nSPS) is 11.9. The summed E-state index contributed by atoms with van der Waals surface area (Å²) in [6.07, 6.45) is -3.83. The fourth-order valence-corrected chi connectivity index (χ4v) is 1.81. The summed E-state index contributed by atoms with van der Waals surface area (Å²) in [4.78, 5) is 15.1. The van der Waals surface area contributed by atoms with Gasteiger partial charge in [-0.3, -0.25) is 9.89 Å². The zero-order valence-corrected chi connectivity index (χ0v) is 10.7. The molecule has 0 aliphatic carbocycles. The van der Waals surface area contributed by atoms with Crippen molar-refractivity contribution >= 4 is 11.6 Å². The summed E-state index contributed by atoms with van der Waals surface area (Å²) >= 11 is 5.80. The summed E-state index contributed by atoms with van der Waals surface area (Å²) in [6, 6.07) is 0.775. The first-order chi connectivity index (χ1) is 8.71. The van der Waals surface area contributed by atoms with Gasteiger partial charge in [0.2, 0.25) is 0 Å². The highest BCUT2D eigenvalue weighted by atomic mass is 35.5. The number of alkyl halides is 3. The van der Waals surface area contributed by atoms with E-state index in [0.29, 0.717) is 17.5 Å². The molecule has 0 fully saturated rings. The third-order valence-corrected chi connectivity index (χ3v) is 3.07. The number of hydrogen-bond donors (Lipinski definition) is 1. The van der Waals surface area contributed by atoms with E-state index in [1.165, 1.54) is 4.68 Å². The molecule has 8 heteroatoms. The van der Waals surface area contributed by atoms with Crippen LogP contribution in [0.2, 0.25) is 5.02 Å². The summed E-state index contributed by atoms with van der Waals surface area (Å²) < 4.78 is 38.7. The molecule has 0 bridgehead atoms. The number of nitrogens with zero attached hydrogens (tertiary/aromatic N) is 2. The van der Waals surface area contributed by atoms with E-state index in [9.17, 15) is 18.0 Å². The van der Waals surface area contributed by atoms with E-state index < -0.39 is 11.7 Å². The van der Waals surface area contributed by atoms with Gasteiger partial charge < -0.3 is 0 Å². The van der Waals surface area contributed by atoms with Crippen LogP contribution in [0.5, 0.6) is 0 Å². The van der Waals surface area contributed by atoms with Crippen LogP contribution in [-0.4, -0.2) is 14.8 Å². The number of H-pyrrole nitrogens is 1. The minimum atomic E-state index is -4.51. The van der Waals surface area contributed by atoms with Gasteiger partial charge in [-0.1, -0.05) is 11.6 Å². The molecule has 0 radical (unpaired) electrons. The van der Waals surface area contributed by atoms with Crippen LogP contribution in [0, 0.1) is 13.8 Å². The van der Waals surface area contributed by atoms with E-state index in [0.717, 1.165) is 6.07 Å². The van der Waals surface area contributed by atoms with Crippen molar-refractivity contribution in [3.8, 4) is 5.82 Å². The minimum absolute atomic E-state index is 0.0531. The van der Waals surface area contributed by atoms with Crippen molar-refractivity contribution in [3.05, 3.63) is 44.5 Å². The first-order valence-electron chi connectivity index (χ1n) is 5.23. The third kappa shape index (κ3) is 2.37. The molecule has 19 heavy (non-hydrogen) atoms. The van der Waals surface area contributed by atoms with Crippen molar-refractivity contribution in [3.63, 3.8) is 0 Å². The molecule has 0 atom stereocenters. The van der Waals surface area contributed by atoms with Crippen LogP contribution >= 0.6 is 11.6 Å². The third-order valence-electron chi connectivity index (χ3n) is 2.79. The monoisotopic (exact) mass is 291 g/mol. The topological polar surface area (TPSA) is 50.7 Å². The lowest BCUT2D eigenvalue weighted by Crippen LogP contribution is -2.10. The van der Waals surface area contributed by atoms with Gasteiger partial charge in [0.1, 0.15) is 0 Å². The van der Waals surface area contributed by atoms with Crippen molar-refractivity contribution in [2.75, 3.05) is 0 Å². The van der Waals surface area contributed by atoms with Crippen LogP contribution in [0.15, 0.2) is 17.1 Å². The highest BCUT2D eigenvalue weighted by Crippen LogP contribution is 2.31. The van der Waals surface area contributed by atoms with Crippen LogP contribution in [0.1, 0.15) is 16.8 Å². The number of aromatic amines is 1. The number of halogens is 4. The quantitative estimate of drug-likeness (QED) is 0.878. The Bertz CT molecular complexity index is 687. The van der Waals surface area contributed by atoms with Gasteiger partial charge in [-0.15, -0.1) is 0 Å². The highest BCUT2D eigenvalue weighted by Gasteiger charge is 2.31. The van der Waals surface area contributed by atoms with Gasteiger partial charge in [0.05, 0.1) is 10.6 Å². The molecule has 0 spiro atoms. The second-order valence-corrected chi connectivity index (χ2v) is 4.42. The van der Waals surface area contributed by atoms with Gasteiger partial charge in [-0.2, -0.15) is 13.2 Å².